The molecule has 1 aliphatic carbocycles. The fraction of sp³-hybridized carbons (Fsp3) is 0.500. The predicted octanol–water partition coefficient (Wildman–Crippen LogP) is -0.329. The van der Waals surface area contributed by atoms with Crippen molar-refractivity contribution in [2.75, 3.05) is 6.61 Å². The fourth-order valence-corrected chi connectivity index (χ4v) is 2.58. The molecule has 2 N–H and O–H groups in total. The first-order chi connectivity index (χ1) is 7.76. The van der Waals surface area contributed by atoms with E-state index in [0.717, 1.165) is 25.0 Å². The van der Waals surface area contributed by atoms with Crippen LogP contribution in [0.5, 0.6) is 5.75 Å². The maximum absolute atomic E-state index is 6.17. The first kappa shape index (κ1) is 15.7. The second kappa shape index (κ2) is 7.27. The third-order valence-corrected chi connectivity index (χ3v) is 3.32. The summed E-state index contributed by atoms with van der Waals surface area (Å²) < 4.78 is 5.54. The zero-order valence-corrected chi connectivity index (χ0v) is 14.0. The van der Waals surface area contributed by atoms with Crippen LogP contribution in [0.2, 0.25) is 0 Å². The van der Waals surface area contributed by atoms with Crippen molar-refractivity contribution in [1.29, 1.82) is 0 Å². The molecule has 2 nitrogen and oxygen atoms in total. The van der Waals surface area contributed by atoms with Gasteiger partial charge in [0, 0.05) is 6.04 Å². The minimum absolute atomic E-state index is 0. The Balaban J connectivity index is 0.00000144. The normalized spacial score (nSPS) is 21.8. The third kappa shape index (κ3) is 3.55. The topological polar surface area (TPSA) is 35.2 Å². The summed E-state index contributed by atoms with van der Waals surface area (Å²) in [6.45, 7) is 6.65. The van der Waals surface area contributed by atoms with Gasteiger partial charge in [-0.25, -0.2) is 0 Å². The molecule has 2 atom stereocenters. The molecule has 0 saturated carbocycles. The maximum atomic E-state index is 6.17. The van der Waals surface area contributed by atoms with Gasteiger partial charge in [-0.3, -0.25) is 0 Å². The Morgan fingerprint density at radius 3 is 2.88 bits per heavy atom. The maximum Gasteiger partial charge on any atom is 1.00 e. The van der Waals surface area contributed by atoms with E-state index in [4.69, 9.17) is 10.5 Å². The number of hydrogen-bond donors (Lipinski definition) is 1. The molecule has 0 fully saturated rings. The molecular weight excluding hydrogens is 237 g/mol. The Bertz CT molecular complexity index is 367. The second-order valence-corrected chi connectivity index (χ2v) is 4.41. The van der Waals surface area contributed by atoms with Crippen LogP contribution in [0, 0.1) is 6.92 Å². The van der Waals surface area contributed by atoms with E-state index in [9.17, 15) is 0 Å². The van der Waals surface area contributed by atoms with Crippen LogP contribution in [-0.2, 0) is 6.42 Å². The Hall–Kier alpha value is 0.616. The summed E-state index contributed by atoms with van der Waals surface area (Å²) in [5.74, 6) is 1.43. The van der Waals surface area contributed by atoms with E-state index in [2.05, 4.69) is 19.1 Å². The minimum Gasteiger partial charge on any atom is -0.494 e. The molecular formula is C14H20KNO. The molecule has 0 spiro atoms. The van der Waals surface area contributed by atoms with Gasteiger partial charge in [-0.1, -0.05) is 12.5 Å². The van der Waals surface area contributed by atoms with E-state index in [-0.39, 0.29) is 57.4 Å². The smallest absolute Gasteiger partial charge is 0.494 e. The van der Waals surface area contributed by atoms with E-state index >= 15 is 0 Å². The van der Waals surface area contributed by atoms with Crippen LogP contribution in [0.3, 0.4) is 0 Å². The van der Waals surface area contributed by atoms with Crippen LogP contribution in [0.15, 0.2) is 18.2 Å². The van der Waals surface area contributed by atoms with Gasteiger partial charge in [0.05, 0.1) is 6.61 Å². The van der Waals surface area contributed by atoms with Gasteiger partial charge in [-0.05, 0) is 42.5 Å². The van der Waals surface area contributed by atoms with Crippen molar-refractivity contribution in [3.05, 3.63) is 36.2 Å². The molecule has 0 radical (unpaired) electrons. The quantitative estimate of drug-likeness (QED) is 0.592. The van der Waals surface area contributed by atoms with E-state index in [1.54, 1.807) is 0 Å². The van der Waals surface area contributed by atoms with Crippen molar-refractivity contribution in [1.82, 2.24) is 0 Å². The van der Waals surface area contributed by atoms with Gasteiger partial charge in [-0.2, -0.15) is 6.42 Å². The van der Waals surface area contributed by atoms with Gasteiger partial charge >= 0.3 is 51.4 Å². The molecule has 3 heteroatoms. The number of benzene rings is 1. The summed E-state index contributed by atoms with van der Waals surface area (Å²) in [7, 11) is 0. The number of ether oxygens (including phenoxy) is 1. The molecule has 1 aromatic carbocycles. The van der Waals surface area contributed by atoms with Gasteiger partial charge in [-0.15, -0.1) is 0 Å². The summed E-state index contributed by atoms with van der Waals surface area (Å²) in [6.07, 6.45) is 3.01. The van der Waals surface area contributed by atoms with Crippen LogP contribution >= 0.6 is 0 Å². The zero-order valence-electron chi connectivity index (χ0n) is 10.9. The molecule has 0 aliphatic heterocycles. The standard InChI is InChI=1S/C14H20NO.K/c1-3-5-12-13-9-11(16-4-2)7-6-10(13)8-14(12)15;/h6-7,9,12,14H,1,3-5,8,15H2,2H3;/q-1;+1. The number of fused-ring (bicyclic) bond motifs is 1. The van der Waals surface area contributed by atoms with Gasteiger partial charge in [0.25, 0.3) is 0 Å². The molecule has 1 aromatic rings. The van der Waals surface area contributed by atoms with E-state index in [1.165, 1.54) is 11.1 Å². The Morgan fingerprint density at radius 2 is 2.24 bits per heavy atom. The average Bonchev–Trinajstić information content (AvgIpc) is 2.57. The summed E-state index contributed by atoms with van der Waals surface area (Å²) in [5.41, 5.74) is 8.93. The van der Waals surface area contributed by atoms with E-state index in [1.807, 2.05) is 13.0 Å². The number of rotatable bonds is 4. The average molecular weight is 257 g/mol. The van der Waals surface area contributed by atoms with Crippen LogP contribution in [0.1, 0.15) is 36.8 Å². The van der Waals surface area contributed by atoms with Gasteiger partial charge in [0.1, 0.15) is 5.75 Å². The molecule has 1 aliphatic rings. The van der Waals surface area contributed by atoms with Gasteiger partial charge in [0.2, 0.25) is 0 Å². The molecule has 0 amide bonds. The summed E-state index contributed by atoms with van der Waals surface area (Å²) in [4.78, 5) is 0. The third-order valence-electron chi connectivity index (χ3n) is 3.32. The predicted molar refractivity (Wildman–Crippen MR) is 66.6 cm³/mol. The molecule has 17 heavy (non-hydrogen) atoms. The van der Waals surface area contributed by atoms with Crippen molar-refractivity contribution in [2.24, 2.45) is 5.73 Å². The van der Waals surface area contributed by atoms with Gasteiger partial charge < -0.3 is 17.4 Å². The van der Waals surface area contributed by atoms with Crippen molar-refractivity contribution in [2.45, 2.75) is 38.1 Å². The Labute approximate surface area is 147 Å². The van der Waals surface area contributed by atoms with Crippen molar-refractivity contribution in [3.63, 3.8) is 0 Å². The minimum atomic E-state index is 0. The first-order valence-corrected chi connectivity index (χ1v) is 6.06. The van der Waals surface area contributed by atoms with Crippen LogP contribution in [-0.4, -0.2) is 12.6 Å². The molecule has 88 valence electrons. The first-order valence-electron chi connectivity index (χ1n) is 6.06. The fourth-order valence-electron chi connectivity index (χ4n) is 2.58. The van der Waals surface area contributed by atoms with E-state index < -0.39 is 0 Å². The summed E-state index contributed by atoms with van der Waals surface area (Å²) in [5, 5.41) is 0. The van der Waals surface area contributed by atoms with Crippen molar-refractivity contribution in [3.8, 4) is 5.75 Å². The van der Waals surface area contributed by atoms with Gasteiger partial charge in [0.15, 0.2) is 0 Å². The molecule has 0 bridgehead atoms. The summed E-state index contributed by atoms with van der Waals surface area (Å²) in [6, 6.07) is 6.62. The Kier molecular flexibility index (Phi) is 6.70. The summed E-state index contributed by atoms with van der Waals surface area (Å²) >= 11 is 0. The molecule has 0 saturated heterocycles. The van der Waals surface area contributed by atoms with Crippen LogP contribution < -0.4 is 61.9 Å². The molecule has 2 unspecified atom stereocenters. The molecule has 0 heterocycles. The van der Waals surface area contributed by atoms with E-state index in [0.29, 0.717) is 12.5 Å². The zero-order chi connectivity index (χ0) is 11.5. The SMILES string of the molecule is [CH2-]CCC1c2cc(OCC)ccc2CC1N.[K+]. The second-order valence-electron chi connectivity index (χ2n) is 4.41. The van der Waals surface area contributed by atoms with Crippen LogP contribution in [0.4, 0.5) is 0 Å². The number of nitrogens with two attached hydrogens (primary N) is 1. The largest absolute Gasteiger partial charge is 1.00 e. The number of hydrogen-bond acceptors (Lipinski definition) is 2. The Morgan fingerprint density at radius 1 is 1.47 bits per heavy atom. The monoisotopic (exact) mass is 257 g/mol. The molecule has 2 rings (SSSR count). The van der Waals surface area contributed by atoms with Crippen LogP contribution in [0.25, 0.3) is 0 Å². The van der Waals surface area contributed by atoms with Crippen molar-refractivity contribution >= 4 is 0 Å². The molecule has 0 aromatic heterocycles. The van der Waals surface area contributed by atoms with Crippen molar-refractivity contribution < 1.29 is 56.1 Å².